The van der Waals surface area contributed by atoms with Gasteiger partial charge in [-0.05, 0) is 81.5 Å². The number of ketones is 1. The maximum atomic E-state index is 13.7. The Balaban J connectivity index is 1.33. The summed E-state index contributed by atoms with van der Waals surface area (Å²) in [5.74, 6) is -1.66. The zero-order valence-electron chi connectivity index (χ0n) is 23.6. The molecular weight excluding hydrogens is 580 g/mol. The highest BCUT2D eigenvalue weighted by Crippen LogP contribution is 2.57. The van der Waals surface area contributed by atoms with Crippen LogP contribution in [0.3, 0.4) is 0 Å². The quantitative estimate of drug-likeness (QED) is 0.413. The molecule has 10 nitrogen and oxygen atoms in total. The number of benzene rings is 1. The van der Waals surface area contributed by atoms with Crippen molar-refractivity contribution in [1.82, 2.24) is 14.9 Å². The van der Waals surface area contributed by atoms with Gasteiger partial charge in [0.1, 0.15) is 6.04 Å². The topological polar surface area (TPSA) is 142 Å². The molecule has 12 heteroatoms. The monoisotopic (exact) mass is 618 g/mol. The Kier molecular flexibility index (Phi) is 9.27. The number of halogens is 1. The lowest BCUT2D eigenvalue weighted by Gasteiger charge is -2.31. The summed E-state index contributed by atoms with van der Waals surface area (Å²) in [6.45, 7) is 0.410. The van der Waals surface area contributed by atoms with Gasteiger partial charge in [-0.1, -0.05) is 43.0 Å². The van der Waals surface area contributed by atoms with E-state index in [0.29, 0.717) is 37.3 Å². The van der Waals surface area contributed by atoms with Crippen LogP contribution in [0.4, 0.5) is 5.69 Å². The number of carbonyl (C=O) groups is 4. The van der Waals surface area contributed by atoms with Crippen LogP contribution in [0.15, 0.2) is 36.4 Å². The van der Waals surface area contributed by atoms with Crippen LogP contribution >= 0.6 is 11.6 Å². The second-order valence-corrected chi connectivity index (χ2v) is 13.9. The van der Waals surface area contributed by atoms with E-state index in [1.54, 1.807) is 4.90 Å². The molecule has 5 rings (SSSR count). The lowest BCUT2D eigenvalue weighted by atomic mass is 9.84. The molecule has 4 atom stereocenters. The molecule has 228 valence electrons. The SMILES string of the molecule is O=C(N[C@H]1CCCCC/C=C\[C@@H]2C[C@@]2(C(=O)NS(=O)(=O)Nc2ccc(Cl)cc2)CC(=O)[C@@H]2CCCN2C1=O)C1CCC1. The van der Waals surface area contributed by atoms with E-state index in [2.05, 4.69) is 14.8 Å². The molecule has 2 aliphatic carbocycles. The molecule has 0 bridgehead atoms. The standard InChI is InChI=1S/C30H39ClN4O6S/c31-22-13-15-23(16-14-22)33-42(40,41)34-29(39)30-18-21(30)10-4-2-1-3-5-11-24(32-27(37)20-8-6-9-20)28(38)35-17-7-12-25(35)26(36)19-30/h4,10,13-16,20-21,24-25,33H,1-3,5-9,11-12,17-19H2,(H,32,37)(H,34,39)/b10-4-/t21-,24+,25+,30-/m1/s1. The van der Waals surface area contributed by atoms with Crippen molar-refractivity contribution in [1.29, 1.82) is 0 Å². The van der Waals surface area contributed by atoms with Crippen LogP contribution in [0.25, 0.3) is 0 Å². The number of hydrogen-bond acceptors (Lipinski definition) is 6. The van der Waals surface area contributed by atoms with Crippen LogP contribution in [0.5, 0.6) is 0 Å². The number of anilines is 1. The number of rotatable bonds is 6. The van der Waals surface area contributed by atoms with Crippen molar-refractivity contribution < 1.29 is 27.6 Å². The molecule has 1 aromatic carbocycles. The molecule has 0 spiro atoms. The number of carbonyl (C=O) groups excluding carboxylic acids is 4. The van der Waals surface area contributed by atoms with Crippen LogP contribution in [0, 0.1) is 17.3 Å². The second kappa shape index (κ2) is 12.8. The van der Waals surface area contributed by atoms with E-state index in [-0.39, 0.29) is 41.5 Å². The number of fused-ring (bicyclic) bond motifs is 2. The Morgan fingerprint density at radius 2 is 1.71 bits per heavy atom. The molecule has 0 aromatic heterocycles. The first-order valence-electron chi connectivity index (χ1n) is 15.0. The molecule has 1 aromatic rings. The third-order valence-corrected chi connectivity index (χ3v) is 10.3. The number of nitrogens with zero attached hydrogens (tertiary/aromatic N) is 1. The number of allylic oxidation sites excluding steroid dienone is 2. The maximum Gasteiger partial charge on any atom is 0.323 e. The van der Waals surface area contributed by atoms with E-state index in [1.165, 1.54) is 24.3 Å². The summed E-state index contributed by atoms with van der Waals surface area (Å²) in [5.41, 5.74) is -0.973. The van der Waals surface area contributed by atoms with Gasteiger partial charge in [0, 0.05) is 23.9 Å². The summed E-state index contributed by atoms with van der Waals surface area (Å²) in [6, 6.07) is 4.63. The number of hydrogen-bond donors (Lipinski definition) is 3. The summed E-state index contributed by atoms with van der Waals surface area (Å²) < 4.78 is 30.1. The van der Waals surface area contributed by atoms with Crippen molar-refractivity contribution in [3.8, 4) is 0 Å². The first-order valence-corrected chi connectivity index (χ1v) is 16.8. The average Bonchev–Trinajstić information content (AvgIpc) is 3.36. The second-order valence-electron chi connectivity index (χ2n) is 12.1. The molecule has 3 fully saturated rings. The van der Waals surface area contributed by atoms with Crippen LogP contribution in [0.1, 0.15) is 77.0 Å². The van der Waals surface area contributed by atoms with Crippen LogP contribution in [0.2, 0.25) is 5.02 Å². The Bertz CT molecular complexity index is 1350. The van der Waals surface area contributed by atoms with Crippen molar-refractivity contribution in [2.45, 2.75) is 89.1 Å². The van der Waals surface area contributed by atoms with Gasteiger partial charge in [-0.25, -0.2) is 4.72 Å². The number of nitrogens with one attached hydrogen (secondary N) is 3. The predicted octanol–water partition coefficient (Wildman–Crippen LogP) is 3.87. The van der Waals surface area contributed by atoms with Gasteiger partial charge in [-0.2, -0.15) is 8.42 Å². The van der Waals surface area contributed by atoms with Crippen molar-refractivity contribution in [3.05, 3.63) is 41.4 Å². The smallest absolute Gasteiger partial charge is 0.323 e. The van der Waals surface area contributed by atoms with E-state index in [1.807, 2.05) is 12.2 Å². The molecule has 2 aliphatic heterocycles. The molecule has 2 saturated carbocycles. The lowest BCUT2D eigenvalue weighted by Crippen LogP contribution is -2.53. The summed E-state index contributed by atoms with van der Waals surface area (Å²) in [7, 11) is -4.27. The molecule has 3 amide bonds. The van der Waals surface area contributed by atoms with E-state index in [4.69, 9.17) is 11.6 Å². The molecule has 4 aliphatic rings. The van der Waals surface area contributed by atoms with Gasteiger partial charge in [0.05, 0.1) is 17.1 Å². The minimum Gasteiger partial charge on any atom is -0.344 e. The highest BCUT2D eigenvalue weighted by atomic mass is 35.5. The van der Waals surface area contributed by atoms with Crippen molar-refractivity contribution in [2.75, 3.05) is 11.3 Å². The zero-order chi connectivity index (χ0) is 29.9. The molecule has 3 N–H and O–H groups in total. The normalized spacial score (nSPS) is 29.6. The van der Waals surface area contributed by atoms with Gasteiger partial charge in [0.2, 0.25) is 17.7 Å². The third-order valence-electron chi connectivity index (χ3n) is 9.13. The van der Waals surface area contributed by atoms with Gasteiger partial charge < -0.3 is 10.2 Å². The predicted molar refractivity (Wildman–Crippen MR) is 159 cm³/mol. The maximum absolute atomic E-state index is 13.7. The van der Waals surface area contributed by atoms with Crippen molar-refractivity contribution in [3.63, 3.8) is 0 Å². The first kappa shape index (κ1) is 30.5. The Labute approximate surface area is 252 Å². The Morgan fingerprint density at radius 1 is 0.952 bits per heavy atom. The fourth-order valence-corrected chi connectivity index (χ4v) is 7.38. The molecule has 0 unspecified atom stereocenters. The summed E-state index contributed by atoms with van der Waals surface area (Å²) >= 11 is 5.88. The van der Waals surface area contributed by atoms with Crippen LogP contribution < -0.4 is 14.8 Å². The first-order chi connectivity index (χ1) is 20.1. The number of amides is 3. The molecule has 0 radical (unpaired) electrons. The van der Waals surface area contributed by atoms with Crippen molar-refractivity contribution in [2.24, 2.45) is 17.3 Å². The highest BCUT2D eigenvalue weighted by Gasteiger charge is 2.61. The molecule has 1 saturated heterocycles. The minimum atomic E-state index is -4.27. The molecule has 2 heterocycles. The van der Waals surface area contributed by atoms with Gasteiger partial charge in [0.25, 0.3) is 0 Å². The molecule has 42 heavy (non-hydrogen) atoms. The Hall–Kier alpha value is -2.92. The largest absolute Gasteiger partial charge is 0.344 e. The fourth-order valence-electron chi connectivity index (χ4n) is 6.31. The van der Waals surface area contributed by atoms with Crippen LogP contribution in [-0.2, 0) is 29.4 Å². The third kappa shape index (κ3) is 6.99. The van der Waals surface area contributed by atoms with Gasteiger partial charge >= 0.3 is 10.2 Å². The summed E-state index contributed by atoms with van der Waals surface area (Å²) in [4.78, 5) is 55.3. The van der Waals surface area contributed by atoms with Gasteiger partial charge in [0.15, 0.2) is 5.78 Å². The Morgan fingerprint density at radius 3 is 2.43 bits per heavy atom. The zero-order valence-corrected chi connectivity index (χ0v) is 25.2. The van der Waals surface area contributed by atoms with E-state index in [0.717, 1.165) is 44.9 Å². The van der Waals surface area contributed by atoms with E-state index < -0.39 is 33.6 Å². The van der Waals surface area contributed by atoms with Crippen LogP contribution in [-0.4, -0.2) is 55.5 Å². The fraction of sp³-hybridized carbons (Fsp3) is 0.600. The lowest BCUT2D eigenvalue weighted by molar-refractivity contribution is -0.142. The van der Waals surface area contributed by atoms with Gasteiger partial charge in [-0.3, -0.25) is 23.9 Å². The number of Topliss-reactive ketones (excluding diaryl/α,β-unsaturated/α-hetero) is 1. The minimum absolute atomic E-state index is 0.0498. The highest BCUT2D eigenvalue weighted by molar-refractivity contribution is 7.91. The van der Waals surface area contributed by atoms with E-state index in [9.17, 15) is 27.6 Å². The summed E-state index contributed by atoms with van der Waals surface area (Å²) in [5, 5.41) is 3.42. The summed E-state index contributed by atoms with van der Waals surface area (Å²) in [6.07, 6.45) is 11.7. The van der Waals surface area contributed by atoms with Gasteiger partial charge in [-0.15, -0.1) is 0 Å². The van der Waals surface area contributed by atoms with E-state index >= 15 is 0 Å². The average molecular weight is 619 g/mol. The van der Waals surface area contributed by atoms with Crippen molar-refractivity contribution >= 4 is 51.0 Å². The molecular formula is C30H39ClN4O6S.